The number of carboxylic acid groups (broad SMARTS) is 1. The second kappa shape index (κ2) is 6.99. The highest BCUT2D eigenvalue weighted by molar-refractivity contribution is 5.66. The minimum atomic E-state index is -0.775. The van der Waals surface area contributed by atoms with E-state index in [4.69, 9.17) is 9.63 Å². The van der Waals surface area contributed by atoms with Gasteiger partial charge in [-0.3, -0.25) is 9.69 Å². The van der Waals surface area contributed by atoms with E-state index in [0.29, 0.717) is 31.2 Å². The summed E-state index contributed by atoms with van der Waals surface area (Å²) in [7, 11) is 1.90. The van der Waals surface area contributed by atoms with Crippen molar-refractivity contribution in [1.29, 1.82) is 0 Å². The van der Waals surface area contributed by atoms with Crippen LogP contribution in [0.2, 0.25) is 0 Å². The van der Waals surface area contributed by atoms with Crippen molar-refractivity contribution in [2.24, 2.45) is 0 Å². The topological polar surface area (TPSA) is 79.5 Å². The highest BCUT2D eigenvalue weighted by Crippen LogP contribution is 2.16. The van der Waals surface area contributed by atoms with E-state index in [9.17, 15) is 4.79 Å². The average molecular weight is 289 g/mol. The summed E-state index contributed by atoms with van der Waals surface area (Å²) < 4.78 is 5.23. The number of aromatic nitrogens is 2. The Hall–Kier alpha value is -2.21. The van der Waals surface area contributed by atoms with Gasteiger partial charge in [0.05, 0.1) is 6.54 Å². The fourth-order valence-electron chi connectivity index (χ4n) is 1.95. The molecule has 112 valence electrons. The smallest absolute Gasteiger partial charge is 0.303 e. The zero-order valence-electron chi connectivity index (χ0n) is 12.2. The van der Waals surface area contributed by atoms with Gasteiger partial charge in [0.1, 0.15) is 0 Å². The van der Waals surface area contributed by atoms with E-state index in [-0.39, 0.29) is 6.42 Å². The predicted octanol–water partition coefficient (Wildman–Crippen LogP) is 2.34. The van der Waals surface area contributed by atoms with Gasteiger partial charge in [-0.25, -0.2) is 0 Å². The second-order valence-electron chi connectivity index (χ2n) is 5.11. The molecule has 0 unspecified atom stereocenters. The van der Waals surface area contributed by atoms with E-state index in [2.05, 4.69) is 10.1 Å². The number of benzene rings is 1. The molecule has 0 aliphatic rings. The van der Waals surface area contributed by atoms with Crippen LogP contribution in [0.5, 0.6) is 0 Å². The molecular formula is C15H19N3O3. The Balaban J connectivity index is 1.90. The maximum atomic E-state index is 10.5. The van der Waals surface area contributed by atoms with E-state index in [1.54, 1.807) is 0 Å². The Labute approximate surface area is 123 Å². The molecular weight excluding hydrogens is 270 g/mol. The first kappa shape index (κ1) is 15.2. The van der Waals surface area contributed by atoms with Crippen LogP contribution < -0.4 is 0 Å². The van der Waals surface area contributed by atoms with Crippen LogP contribution >= 0.6 is 0 Å². The second-order valence-corrected chi connectivity index (χ2v) is 5.11. The van der Waals surface area contributed by atoms with Gasteiger partial charge < -0.3 is 9.63 Å². The summed E-state index contributed by atoms with van der Waals surface area (Å²) in [6, 6.07) is 7.92. The van der Waals surface area contributed by atoms with Crippen molar-refractivity contribution in [2.75, 3.05) is 13.6 Å². The maximum Gasteiger partial charge on any atom is 0.303 e. The molecule has 2 aromatic rings. The van der Waals surface area contributed by atoms with Gasteiger partial charge >= 0.3 is 5.97 Å². The number of carbonyl (C=O) groups is 1. The first-order valence-corrected chi connectivity index (χ1v) is 6.84. The Morgan fingerprint density at radius 2 is 2.05 bits per heavy atom. The molecule has 1 heterocycles. The van der Waals surface area contributed by atoms with Gasteiger partial charge in [-0.1, -0.05) is 35.0 Å². The van der Waals surface area contributed by atoms with Gasteiger partial charge in [0.25, 0.3) is 0 Å². The van der Waals surface area contributed by atoms with Crippen molar-refractivity contribution in [1.82, 2.24) is 15.0 Å². The summed E-state index contributed by atoms with van der Waals surface area (Å²) in [6.07, 6.45) is 0.771. The lowest BCUT2D eigenvalue weighted by atomic mass is 10.1. The molecule has 21 heavy (non-hydrogen) atoms. The van der Waals surface area contributed by atoms with E-state index < -0.39 is 5.97 Å². The van der Waals surface area contributed by atoms with Crippen molar-refractivity contribution in [3.8, 4) is 11.4 Å². The largest absolute Gasteiger partial charge is 0.481 e. The van der Waals surface area contributed by atoms with E-state index in [1.807, 2.05) is 43.1 Å². The lowest BCUT2D eigenvalue weighted by Gasteiger charge is -2.12. The van der Waals surface area contributed by atoms with Crippen molar-refractivity contribution in [3.05, 3.63) is 35.7 Å². The summed E-state index contributed by atoms with van der Waals surface area (Å²) >= 11 is 0. The molecule has 0 radical (unpaired) electrons. The molecule has 0 aliphatic heterocycles. The quantitative estimate of drug-likeness (QED) is 0.842. The minimum Gasteiger partial charge on any atom is -0.481 e. The Morgan fingerprint density at radius 1 is 1.33 bits per heavy atom. The van der Waals surface area contributed by atoms with E-state index in [0.717, 1.165) is 5.56 Å². The summed E-state index contributed by atoms with van der Waals surface area (Å²) in [5, 5.41) is 12.6. The molecule has 0 saturated carbocycles. The van der Waals surface area contributed by atoms with Crippen LogP contribution in [-0.2, 0) is 11.3 Å². The van der Waals surface area contributed by atoms with Crippen LogP contribution in [0.1, 0.15) is 24.3 Å². The monoisotopic (exact) mass is 289 g/mol. The van der Waals surface area contributed by atoms with Crippen LogP contribution in [0, 0.1) is 6.92 Å². The maximum absolute atomic E-state index is 10.5. The van der Waals surface area contributed by atoms with Gasteiger partial charge in [0.2, 0.25) is 11.7 Å². The third kappa shape index (κ3) is 4.68. The highest BCUT2D eigenvalue weighted by atomic mass is 16.5. The lowest BCUT2D eigenvalue weighted by molar-refractivity contribution is -0.137. The molecule has 1 aromatic carbocycles. The molecule has 2 rings (SSSR count). The lowest BCUT2D eigenvalue weighted by Crippen LogP contribution is -2.20. The zero-order valence-corrected chi connectivity index (χ0v) is 12.2. The van der Waals surface area contributed by atoms with Crippen LogP contribution in [-0.4, -0.2) is 39.7 Å². The summed E-state index contributed by atoms with van der Waals surface area (Å²) in [6.45, 7) is 3.21. The van der Waals surface area contributed by atoms with Crippen LogP contribution in [0.25, 0.3) is 11.4 Å². The summed E-state index contributed by atoms with van der Waals surface area (Å²) in [5.41, 5.74) is 2.10. The molecule has 0 atom stereocenters. The van der Waals surface area contributed by atoms with Gasteiger partial charge in [-0.05, 0) is 26.9 Å². The molecule has 6 heteroatoms. The Kier molecular flexibility index (Phi) is 5.05. The molecule has 0 aliphatic carbocycles. The number of hydrogen-bond donors (Lipinski definition) is 1. The molecule has 0 saturated heterocycles. The predicted molar refractivity (Wildman–Crippen MR) is 77.7 cm³/mol. The van der Waals surface area contributed by atoms with Crippen molar-refractivity contribution >= 4 is 5.97 Å². The molecule has 0 spiro atoms. The summed E-state index contributed by atoms with van der Waals surface area (Å²) in [5.74, 6) is 0.329. The third-order valence-electron chi connectivity index (χ3n) is 3.11. The number of aryl methyl sites for hydroxylation is 1. The number of hydrogen-bond acceptors (Lipinski definition) is 5. The fraction of sp³-hybridized carbons (Fsp3) is 0.400. The first-order valence-electron chi connectivity index (χ1n) is 6.84. The zero-order chi connectivity index (χ0) is 15.2. The van der Waals surface area contributed by atoms with Gasteiger partial charge in [0, 0.05) is 12.0 Å². The molecule has 1 N–H and O–H groups in total. The number of rotatable bonds is 7. The van der Waals surface area contributed by atoms with Crippen molar-refractivity contribution in [3.63, 3.8) is 0 Å². The van der Waals surface area contributed by atoms with Crippen molar-refractivity contribution < 1.29 is 14.4 Å². The van der Waals surface area contributed by atoms with E-state index in [1.165, 1.54) is 5.56 Å². The molecule has 6 nitrogen and oxygen atoms in total. The van der Waals surface area contributed by atoms with Crippen LogP contribution in [0.4, 0.5) is 0 Å². The van der Waals surface area contributed by atoms with Gasteiger partial charge in [-0.15, -0.1) is 0 Å². The molecule has 0 amide bonds. The first-order chi connectivity index (χ1) is 10.0. The van der Waals surface area contributed by atoms with Crippen LogP contribution in [0.15, 0.2) is 28.8 Å². The standard InChI is InChI=1S/C15H19N3O3/c1-11-5-7-12(8-6-11)15-16-13(21-17-15)10-18(2)9-3-4-14(19)20/h5-8H,3-4,9-10H2,1-2H3,(H,19,20). The minimum absolute atomic E-state index is 0.169. The number of nitrogens with zero attached hydrogens (tertiary/aromatic N) is 3. The van der Waals surface area contributed by atoms with Crippen molar-refractivity contribution in [2.45, 2.75) is 26.3 Å². The SMILES string of the molecule is Cc1ccc(-c2noc(CN(C)CCCC(=O)O)n2)cc1. The average Bonchev–Trinajstić information content (AvgIpc) is 2.87. The number of carboxylic acids is 1. The van der Waals surface area contributed by atoms with Gasteiger partial charge in [0.15, 0.2) is 0 Å². The van der Waals surface area contributed by atoms with E-state index >= 15 is 0 Å². The highest BCUT2D eigenvalue weighted by Gasteiger charge is 2.11. The number of aliphatic carboxylic acids is 1. The summed E-state index contributed by atoms with van der Waals surface area (Å²) in [4.78, 5) is 16.8. The Morgan fingerprint density at radius 3 is 2.71 bits per heavy atom. The molecule has 0 fully saturated rings. The third-order valence-corrected chi connectivity index (χ3v) is 3.11. The van der Waals surface area contributed by atoms with Crippen LogP contribution in [0.3, 0.4) is 0 Å². The molecule has 1 aromatic heterocycles. The molecule has 0 bridgehead atoms. The fourth-order valence-corrected chi connectivity index (χ4v) is 1.95. The Bertz CT molecular complexity index is 592. The normalized spacial score (nSPS) is 11.0. The van der Waals surface area contributed by atoms with Gasteiger partial charge in [-0.2, -0.15) is 4.98 Å².